The number of nitro groups is 1. The number of carbonyl (C=O) groups is 1. The Morgan fingerprint density at radius 1 is 1.50 bits per heavy atom. The van der Waals surface area contributed by atoms with E-state index in [4.69, 9.17) is 0 Å². The van der Waals surface area contributed by atoms with Gasteiger partial charge >= 0.3 is 5.97 Å². The summed E-state index contributed by atoms with van der Waals surface area (Å²) in [6, 6.07) is 4.26. The topological polar surface area (TPSA) is 81.5 Å². The van der Waals surface area contributed by atoms with Crippen LogP contribution in [0.3, 0.4) is 0 Å². The fraction of sp³-hybridized carbons (Fsp3) is 0.417. The van der Waals surface area contributed by atoms with Crippen molar-refractivity contribution in [1.29, 1.82) is 0 Å². The van der Waals surface area contributed by atoms with Crippen LogP contribution in [-0.2, 0) is 4.74 Å². The van der Waals surface area contributed by atoms with Crippen LogP contribution in [0, 0.1) is 10.1 Å². The zero-order valence-corrected chi connectivity index (χ0v) is 10.4. The third-order valence-corrected chi connectivity index (χ3v) is 2.46. The summed E-state index contributed by atoms with van der Waals surface area (Å²) in [5.74, 6) is -0.585. The average molecular weight is 252 g/mol. The highest BCUT2D eigenvalue weighted by Gasteiger charge is 2.17. The number of unbranched alkanes of at least 4 members (excludes halogenated alkanes) is 1. The molecule has 1 aromatic rings. The molecule has 0 fully saturated rings. The zero-order chi connectivity index (χ0) is 13.5. The van der Waals surface area contributed by atoms with Crippen molar-refractivity contribution in [3.8, 4) is 0 Å². The number of benzene rings is 1. The molecule has 1 aromatic carbocycles. The first-order valence-corrected chi connectivity index (χ1v) is 5.70. The molecule has 0 atom stereocenters. The smallest absolute Gasteiger partial charge is 0.338 e. The molecular formula is C12H16N2O4. The van der Waals surface area contributed by atoms with Gasteiger partial charge in [0.15, 0.2) is 0 Å². The molecule has 0 aromatic heterocycles. The number of anilines is 1. The van der Waals surface area contributed by atoms with E-state index in [-0.39, 0.29) is 11.3 Å². The summed E-state index contributed by atoms with van der Waals surface area (Å²) >= 11 is 0. The second kappa shape index (κ2) is 6.58. The van der Waals surface area contributed by atoms with Crippen LogP contribution in [0.5, 0.6) is 0 Å². The Morgan fingerprint density at radius 2 is 2.22 bits per heavy atom. The number of nitro benzene ring substituents is 1. The Bertz CT molecular complexity index is 446. The maximum Gasteiger partial charge on any atom is 0.338 e. The Morgan fingerprint density at radius 3 is 2.78 bits per heavy atom. The molecule has 98 valence electrons. The predicted molar refractivity (Wildman–Crippen MR) is 67.8 cm³/mol. The lowest BCUT2D eigenvalue weighted by Crippen LogP contribution is -2.07. The molecule has 0 aliphatic heterocycles. The van der Waals surface area contributed by atoms with Crippen molar-refractivity contribution in [1.82, 2.24) is 0 Å². The van der Waals surface area contributed by atoms with E-state index in [0.29, 0.717) is 12.2 Å². The first-order valence-electron chi connectivity index (χ1n) is 5.70. The van der Waals surface area contributed by atoms with Crippen LogP contribution < -0.4 is 5.32 Å². The van der Waals surface area contributed by atoms with Crippen LogP contribution in [0.25, 0.3) is 0 Å². The lowest BCUT2D eigenvalue weighted by molar-refractivity contribution is -0.384. The number of nitrogens with zero attached hydrogens (tertiary/aromatic N) is 1. The van der Waals surface area contributed by atoms with Crippen LogP contribution in [0.1, 0.15) is 30.1 Å². The van der Waals surface area contributed by atoms with Gasteiger partial charge < -0.3 is 10.1 Å². The molecule has 18 heavy (non-hydrogen) atoms. The molecule has 0 unspecified atom stereocenters. The lowest BCUT2D eigenvalue weighted by atomic mass is 10.1. The fourth-order valence-electron chi connectivity index (χ4n) is 1.48. The first-order chi connectivity index (χ1) is 8.60. The van der Waals surface area contributed by atoms with E-state index in [9.17, 15) is 14.9 Å². The summed E-state index contributed by atoms with van der Waals surface area (Å²) in [7, 11) is 1.24. The molecule has 0 bridgehead atoms. The zero-order valence-electron chi connectivity index (χ0n) is 10.4. The summed E-state index contributed by atoms with van der Waals surface area (Å²) in [4.78, 5) is 21.7. The molecule has 0 amide bonds. The second-order valence-corrected chi connectivity index (χ2v) is 3.76. The lowest BCUT2D eigenvalue weighted by Gasteiger charge is -2.07. The summed E-state index contributed by atoms with van der Waals surface area (Å²) in [5, 5.41) is 13.9. The van der Waals surface area contributed by atoms with Gasteiger partial charge in [0, 0.05) is 12.6 Å². The Kier molecular flexibility index (Phi) is 5.10. The van der Waals surface area contributed by atoms with E-state index in [1.165, 1.54) is 25.3 Å². The molecule has 0 aliphatic rings. The van der Waals surface area contributed by atoms with Gasteiger partial charge in [0.2, 0.25) is 0 Å². The minimum atomic E-state index is -0.585. The van der Waals surface area contributed by atoms with Crippen molar-refractivity contribution in [3.63, 3.8) is 0 Å². The number of esters is 1. The monoisotopic (exact) mass is 252 g/mol. The molecule has 0 saturated carbocycles. The van der Waals surface area contributed by atoms with Gasteiger partial charge in [-0.3, -0.25) is 10.1 Å². The molecule has 1 rings (SSSR count). The number of carbonyl (C=O) groups excluding carboxylic acids is 1. The van der Waals surface area contributed by atoms with Crippen molar-refractivity contribution in [2.45, 2.75) is 19.8 Å². The number of rotatable bonds is 6. The third-order valence-electron chi connectivity index (χ3n) is 2.46. The van der Waals surface area contributed by atoms with Gasteiger partial charge in [0.05, 0.1) is 17.6 Å². The predicted octanol–water partition coefficient (Wildman–Crippen LogP) is 2.59. The highest BCUT2D eigenvalue weighted by Crippen LogP contribution is 2.25. The minimum Gasteiger partial charge on any atom is -0.465 e. The van der Waals surface area contributed by atoms with Gasteiger partial charge in [-0.1, -0.05) is 13.3 Å². The summed E-state index contributed by atoms with van der Waals surface area (Å²) < 4.78 is 4.53. The van der Waals surface area contributed by atoms with Crippen molar-refractivity contribution in [2.24, 2.45) is 0 Å². The SMILES string of the molecule is CCCCNc1ccc(C(=O)OC)cc1[N+](=O)[O-]. The largest absolute Gasteiger partial charge is 0.465 e. The maximum atomic E-state index is 11.3. The molecule has 6 heteroatoms. The van der Waals surface area contributed by atoms with E-state index in [2.05, 4.69) is 10.1 Å². The maximum absolute atomic E-state index is 11.3. The molecular weight excluding hydrogens is 236 g/mol. The van der Waals surface area contributed by atoms with Gasteiger partial charge in [0.1, 0.15) is 5.69 Å². The minimum absolute atomic E-state index is 0.117. The quantitative estimate of drug-likeness (QED) is 0.364. The standard InChI is InChI=1S/C12H16N2O4/c1-3-4-7-13-10-6-5-9(12(15)18-2)8-11(10)14(16)17/h5-6,8,13H,3-4,7H2,1-2H3. The Hall–Kier alpha value is -2.11. The highest BCUT2D eigenvalue weighted by atomic mass is 16.6. The molecule has 0 radical (unpaired) electrons. The van der Waals surface area contributed by atoms with E-state index >= 15 is 0 Å². The van der Waals surface area contributed by atoms with Gasteiger partial charge in [-0.15, -0.1) is 0 Å². The fourth-order valence-corrected chi connectivity index (χ4v) is 1.48. The van der Waals surface area contributed by atoms with Gasteiger partial charge in [-0.05, 0) is 18.6 Å². The van der Waals surface area contributed by atoms with Crippen molar-refractivity contribution in [2.75, 3.05) is 19.0 Å². The van der Waals surface area contributed by atoms with Crippen molar-refractivity contribution >= 4 is 17.3 Å². The average Bonchev–Trinajstić information content (AvgIpc) is 2.38. The normalized spacial score (nSPS) is 9.89. The van der Waals surface area contributed by atoms with Crippen LogP contribution in [0.4, 0.5) is 11.4 Å². The summed E-state index contributed by atoms with van der Waals surface area (Å²) in [6.07, 6.45) is 1.93. The summed E-state index contributed by atoms with van der Waals surface area (Å²) in [5.41, 5.74) is 0.473. The Balaban J connectivity index is 2.97. The van der Waals surface area contributed by atoms with E-state index < -0.39 is 10.9 Å². The Labute approximate surface area is 105 Å². The third kappa shape index (κ3) is 3.44. The van der Waals surface area contributed by atoms with E-state index in [0.717, 1.165) is 12.8 Å². The van der Waals surface area contributed by atoms with Crippen molar-refractivity contribution in [3.05, 3.63) is 33.9 Å². The number of ether oxygens (including phenoxy) is 1. The van der Waals surface area contributed by atoms with Crippen LogP contribution in [0.15, 0.2) is 18.2 Å². The van der Waals surface area contributed by atoms with Gasteiger partial charge in [-0.2, -0.15) is 0 Å². The molecule has 0 saturated heterocycles. The molecule has 0 spiro atoms. The first kappa shape index (κ1) is 14.0. The highest BCUT2D eigenvalue weighted by molar-refractivity contribution is 5.91. The van der Waals surface area contributed by atoms with Crippen LogP contribution >= 0.6 is 0 Å². The summed E-state index contributed by atoms with van der Waals surface area (Å²) in [6.45, 7) is 2.70. The molecule has 0 aliphatic carbocycles. The number of hydrogen-bond acceptors (Lipinski definition) is 5. The molecule has 6 nitrogen and oxygen atoms in total. The van der Waals surface area contributed by atoms with E-state index in [1.54, 1.807) is 0 Å². The number of hydrogen-bond donors (Lipinski definition) is 1. The van der Waals surface area contributed by atoms with Gasteiger partial charge in [-0.25, -0.2) is 4.79 Å². The van der Waals surface area contributed by atoms with Crippen molar-refractivity contribution < 1.29 is 14.5 Å². The van der Waals surface area contributed by atoms with Crippen LogP contribution in [-0.4, -0.2) is 24.5 Å². The molecule has 1 N–H and O–H groups in total. The van der Waals surface area contributed by atoms with E-state index in [1.807, 2.05) is 6.92 Å². The number of methoxy groups -OCH3 is 1. The molecule has 0 heterocycles. The number of nitrogens with one attached hydrogen (secondary N) is 1. The second-order valence-electron chi connectivity index (χ2n) is 3.76. The van der Waals surface area contributed by atoms with Gasteiger partial charge in [0.25, 0.3) is 5.69 Å². The van der Waals surface area contributed by atoms with Crippen LogP contribution in [0.2, 0.25) is 0 Å².